The summed E-state index contributed by atoms with van der Waals surface area (Å²) in [5.41, 5.74) is 2.63. The Hall–Kier alpha value is -2.69. The molecule has 5 heteroatoms. The molecule has 1 aliphatic heterocycles. The van der Waals surface area contributed by atoms with E-state index in [1.165, 1.54) is 0 Å². The summed E-state index contributed by atoms with van der Waals surface area (Å²) in [6.45, 7) is 15.3. The number of phenols is 1. The van der Waals surface area contributed by atoms with E-state index in [2.05, 4.69) is 11.9 Å². The lowest BCUT2D eigenvalue weighted by Gasteiger charge is -2.28. The van der Waals surface area contributed by atoms with Gasteiger partial charge in [0.2, 0.25) is 0 Å². The van der Waals surface area contributed by atoms with Crippen LogP contribution in [0.15, 0.2) is 36.7 Å². The van der Waals surface area contributed by atoms with Gasteiger partial charge in [-0.15, -0.1) is 0 Å². The lowest BCUT2D eigenvalue weighted by molar-refractivity contribution is 0.0963. The first kappa shape index (κ1) is 24.9. The van der Waals surface area contributed by atoms with E-state index >= 15 is 0 Å². The number of carbonyl (C=O) groups is 1. The summed E-state index contributed by atoms with van der Waals surface area (Å²) in [5, 5.41) is 19.9. The molecule has 0 radical (unpaired) electrons. The molecule has 1 aliphatic rings. The molecule has 3 rings (SSSR count). The van der Waals surface area contributed by atoms with Crippen molar-refractivity contribution in [2.45, 2.75) is 78.1 Å². The highest BCUT2D eigenvalue weighted by Gasteiger charge is 2.39. The predicted molar refractivity (Wildman–Crippen MR) is 135 cm³/mol. The molecular formula is C28H39N3O2. The van der Waals surface area contributed by atoms with Gasteiger partial charge < -0.3 is 10.0 Å². The maximum atomic E-state index is 13.5. The number of amidine groups is 1. The molecule has 5 nitrogen and oxygen atoms in total. The van der Waals surface area contributed by atoms with E-state index in [4.69, 9.17) is 5.41 Å². The highest BCUT2D eigenvalue weighted by atomic mass is 16.3. The number of nitrogens with one attached hydrogen (secondary N) is 1. The molecule has 0 spiro atoms. The Bertz CT molecular complexity index is 981. The van der Waals surface area contributed by atoms with Crippen LogP contribution < -0.4 is 0 Å². The zero-order valence-electron chi connectivity index (χ0n) is 21.2. The minimum atomic E-state index is -0.293. The van der Waals surface area contributed by atoms with Crippen LogP contribution in [0.5, 0.6) is 5.75 Å². The Labute approximate surface area is 198 Å². The van der Waals surface area contributed by atoms with Gasteiger partial charge in [0, 0.05) is 41.5 Å². The summed E-state index contributed by atoms with van der Waals surface area (Å²) in [6, 6.07) is 7.63. The maximum absolute atomic E-state index is 13.5. The van der Waals surface area contributed by atoms with Crippen molar-refractivity contribution in [1.29, 1.82) is 5.41 Å². The second kappa shape index (κ2) is 9.28. The highest BCUT2D eigenvalue weighted by Crippen LogP contribution is 2.40. The van der Waals surface area contributed by atoms with Crippen LogP contribution in [0.2, 0.25) is 0 Å². The summed E-state index contributed by atoms with van der Waals surface area (Å²) in [6.07, 6.45) is 5.65. The molecule has 2 atom stereocenters. The van der Waals surface area contributed by atoms with Gasteiger partial charge in [-0.05, 0) is 46.9 Å². The Balaban J connectivity index is 1.93. The molecule has 33 heavy (non-hydrogen) atoms. The van der Waals surface area contributed by atoms with Gasteiger partial charge in [-0.25, -0.2) is 0 Å². The third kappa shape index (κ3) is 5.29. The second-order valence-electron chi connectivity index (χ2n) is 11.4. The third-order valence-electron chi connectivity index (χ3n) is 6.65. The molecule has 0 bridgehead atoms. The first-order valence-electron chi connectivity index (χ1n) is 12.0. The standard InChI is InChI=1S/C28H39N3O2/c1-8-10-19-16-31(26(29)24(19)18-11-9-12-30-15-18)17-23(32)20-13-21(27(2,3)4)25(33)22(14-20)28(5,6)7/h9,11-15,19,24,29,33H,8,10,16-17H2,1-7H3. The number of likely N-dealkylation sites (tertiary alicyclic amines) is 1. The minimum absolute atomic E-state index is 0.0159. The van der Waals surface area contributed by atoms with Crippen molar-refractivity contribution in [2.24, 2.45) is 5.92 Å². The molecule has 1 aromatic heterocycles. The normalized spacial score (nSPS) is 19.2. The SMILES string of the molecule is CCCC1CN(CC(=O)c2cc(C(C)(C)C)c(O)c(C(C)(C)C)c2)C(=N)C1c1cccnc1. The smallest absolute Gasteiger partial charge is 0.182 e. The molecule has 0 saturated carbocycles. The number of rotatable bonds is 6. The number of phenolic OH excluding ortho intramolecular Hbond substituents is 1. The van der Waals surface area contributed by atoms with Gasteiger partial charge in [-0.3, -0.25) is 15.2 Å². The van der Waals surface area contributed by atoms with Crippen molar-refractivity contribution in [2.75, 3.05) is 13.1 Å². The largest absolute Gasteiger partial charge is 0.507 e. The van der Waals surface area contributed by atoms with Crippen LogP contribution in [-0.2, 0) is 10.8 Å². The van der Waals surface area contributed by atoms with E-state index in [0.29, 0.717) is 23.9 Å². The first-order valence-corrected chi connectivity index (χ1v) is 12.0. The zero-order valence-corrected chi connectivity index (χ0v) is 21.2. The zero-order chi connectivity index (χ0) is 24.6. The van der Waals surface area contributed by atoms with E-state index in [1.54, 1.807) is 6.20 Å². The molecule has 2 aromatic rings. The highest BCUT2D eigenvalue weighted by molar-refractivity contribution is 6.01. The van der Waals surface area contributed by atoms with E-state index in [9.17, 15) is 9.90 Å². The summed E-state index contributed by atoms with van der Waals surface area (Å²) in [7, 11) is 0. The molecule has 1 aromatic carbocycles. The number of ketones is 1. The lowest BCUT2D eigenvalue weighted by atomic mass is 9.78. The predicted octanol–water partition coefficient (Wildman–Crippen LogP) is 6.06. The Morgan fingerprint density at radius 2 is 1.76 bits per heavy atom. The van der Waals surface area contributed by atoms with Gasteiger partial charge in [0.15, 0.2) is 5.78 Å². The van der Waals surface area contributed by atoms with Crippen molar-refractivity contribution in [1.82, 2.24) is 9.88 Å². The lowest BCUT2D eigenvalue weighted by Crippen LogP contribution is -2.32. The van der Waals surface area contributed by atoms with E-state index in [-0.39, 0.29) is 34.8 Å². The van der Waals surface area contributed by atoms with E-state index < -0.39 is 0 Å². The van der Waals surface area contributed by atoms with Crippen molar-refractivity contribution in [3.05, 3.63) is 58.9 Å². The van der Waals surface area contributed by atoms with Crippen LogP contribution in [-0.4, -0.2) is 39.7 Å². The Kier molecular flexibility index (Phi) is 7.01. The van der Waals surface area contributed by atoms with E-state index in [1.807, 2.05) is 76.9 Å². The van der Waals surface area contributed by atoms with Crippen molar-refractivity contribution < 1.29 is 9.90 Å². The minimum Gasteiger partial charge on any atom is -0.507 e. The molecule has 2 unspecified atom stereocenters. The fourth-order valence-corrected chi connectivity index (χ4v) is 4.88. The van der Waals surface area contributed by atoms with Gasteiger partial charge in [-0.1, -0.05) is 61.0 Å². The van der Waals surface area contributed by atoms with Crippen molar-refractivity contribution >= 4 is 11.6 Å². The van der Waals surface area contributed by atoms with Crippen LogP contribution >= 0.6 is 0 Å². The number of hydrogen-bond donors (Lipinski definition) is 2. The third-order valence-corrected chi connectivity index (χ3v) is 6.65. The molecule has 2 N–H and O–H groups in total. The molecule has 178 valence electrons. The van der Waals surface area contributed by atoms with Crippen LogP contribution in [0.25, 0.3) is 0 Å². The number of aromatic nitrogens is 1. The number of hydrogen-bond acceptors (Lipinski definition) is 4. The van der Waals surface area contributed by atoms with Gasteiger partial charge in [0.25, 0.3) is 0 Å². The molecule has 1 saturated heterocycles. The maximum Gasteiger partial charge on any atom is 0.182 e. The van der Waals surface area contributed by atoms with E-state index in [0.717, 1.165) is 29.5 Å². The fourth-order valence-electron chi connectivity index (χ4n) is 4.88. The number of carbonyl (C=O) groups excluding carboxylic acids is 1. The summed E-state index contributed by atoms with van der Waals surface area (Å²) >= 11 is 0. The number of Topliss-reactive ketones (excluding diaryl/α,β-unsaturated/α-hetero) is 1. The summed E-state index contributed by atoms with van der Waals surface area (Å²) in [5.74, 6) is 1.04. The summed E-state index contributed by atoms with van der Waals surface area (Å²) < 4.78 is 0. The van der Waals surface area contributed by atoms with Crippen LogP contribution in [0.1, 0.15) is 94.3 Å². The van der Waals surface area contributed by atoms with Crippen molar-refractivity contribution in [3.8, 4) is 5.75 Å². The molecule has 0 amide bonds. The van der Waals surface area contributed by atoms with Crippen LogP contribution in [0, 0.1) is 11.3 Å². The molecule has 1 fully saturated rings. The van der Waals surface area contributed by atoms with Crippen LogP contribution in [0.4, 0.5) is 0 Å². The fraction of sp³-hybridized carbons (Fsp3) is 0.536. The first-order chi connectivity index (χ1) is 15.3. The van der Waals surface area contributed by atoms with Gasteiger partial charge >= 0.3 is 0 Å². The number of nitrogens with zero attached hydrogens (tertiary/aromatic N) is 2. The quantitative estimate of drug-likeness (QED) is 0.526. The van der Waals surface area contributed by atoms with Gasteiger partial charge in [0.05, 0.1) is 6.54 Å². The molecule has 2 heterocycles. The number of aromatic hydroxyl groups is 1. The summed E-state index contributed by atoms with van der Waals surface area (Å²) in [4.78, 5) is 19.7. The Morgan fingerprint density at radius 3 is 2.24 bits per heavy atom. The molecular weight excluding hydrogens is 410 g/mol. The monoisotopic (exact) mass is 449 g/mol. The van der Waals surface area contributed by atoms with Crippen LogP contribution in [0.3, 0.4) is 0 Å². The number of pyridine rings is 1. The van der Waals surface area contributed by atoms with Gasteiger partial charge in [-0.2, -0.15) is 0 Å². The van der Waals surface area contributed by atoms with Crippen molar-refractivity contribution in [3.63, 3.8) is 0 Å². The topological polar surface area (TPSA) is 77.3 Å². The van der Waals surface area contributed by atoms with Gasteiger partial charge in [0.1, 0.15) is 11.6 Å². The number of benzene rings is 1. The average Bonchev–Trinajstić information content (AvgIpc) is 3.02. The molecule has 0 aliphatic carbocycles. The second-order valence-corrected chi connectivity index (χ2v) is 11.4. The average molecular weight is 450 g/mol. The Morgan fingerprint density at radius 1 is 1.15 bits per heavy atom.